The number of ether oxygens (including phenoxy) is 2. The maximum atomic E-state index is 12.5. The molecule has 0 radical (unpaired) electrons. The molecule has 0 heterocycles. The van der Waals surface area contributed by atoms with Gasteiger partial charge in [-0.3, -0.25) is 14.9 Å². The summed E-state index contributed by atoms with van der Waals surface area (Å²) in [4.78, 5) is 23.0. The van der Waals surface area contributed by atoms with E-state index in [1.165, 1.54) is 18.2 Å². The highest BCUT2D eigenvalue weighted by Crippen LogP contribution is 2.29. The van der Waals surface area contributed by atoms with Gasteiger partial charge in [0.05, 0.1) is 17.6 Å². The molecule has 0 fully saturated rings. The second kappa shape index (κ2) is 10.1. The van der Waals surface area contributed by atoms with Gasteiger partial charge in [0.1, 0.15) is 17.2 Å². The number of nitrogens with one attached hydrogen (secondary N) is 2. The molecule has 0 aromatic heterocycles. The number of nitrogens with zero attached hydrogens (tertiary/aromatic N) is 1. The van der Waals surface area contributed by atoms with E-state index in [1.807, 2.05) is 0 Å². The van der Waals surface area contributed by atoms with Gasteiger partial charge in [-0.2, -0.15) is 0 Å². The minimum atomic E-state index is -0.545. The van der Waals surface area contributed by atoms with E-state index in [0.717, 1.165) is 13.0 Å². The van der Waals surface area contributed by atoms with Crippen LogP contribution in [-0.2, 0) is 0 Å². The van der Waals surface area contributed by atoms with Crippen LogP contribution in [0.4, 0.5) is 5.69 Å². The summed E-state index contributed by atoms with van der Waals surface area (Å²) in [5.74, 6) is 0.970. The zero-order chi connectivity index (χ0) is 19.6. The summed E-state index contributed by atoms with van der Waals surface area (Å²) in [5, 5.41) is 17.0. The zero-order valence-corrected chi connectivity index (χ0v) is 15.4. The van der Waals surface area contributed by atoms with Crippen LogP contribution in [0.1, 0.15) is 23.7 Å². The number of non-ortho nitro benzene ring substituents is 1. The molecule has 2 rings (SSSR count). The number of carbonyl (C=O) groups is 1. The highest BCUT2D eigenvalue weighted by Gasteiger charge is 2.18. The summed E-state index contributed by atoms with van der Waals surface area (Å²) in [7, 11) is 1.56. The first-order valence-electron chi connectivity index (χ1n) is 8.64. The van der Waals surface area contributed by atoms with Crippen molar-refractivity contribution in [3.8, 4) is 17.2 Å². The lowest BCUT2D eigenvalue weighted by atomic mass is 10.1. The topological polar surface area (TPSA) is 103 Å². The molecule has 0 spiro atoms. The van der Waals surface area contributed by atoms with E-state index in [1.54, 1.807) is 31.4 Å². The number of methoxy groups -OCH3 is 1. The van der Waals surface area contributed by atoms with E-state index in [-0.39, 0.29) is 17.0 Å². The predicted molar refractivity (Wildman–Crippen MR) is 102 cm³/mol. The average Bonchev–Trinajstić information content (AvgIpc) is 2.68. The molecule has 1 amide bonds. The van der Waals surface area contributed by atoms with E-state index in [9.17, 15) is 14.9 Å². The Balaban J connectivity index is 2.17. The predicted octanol–water partition coefficient (Wildman–Crippen LogP) is 3.13. The molecule has 0 aliphatic rings. The van der Waals surface area contributed by atoms with Gasteiger partial charge in [-0.1, -0.05) is 6.92 Å². The van der Waals surface area contributed by atoms with Gasteiger partial charge in [0.2, 0.25) is 0 Å². The van der Waals surface area contributed by atoms with Crippen molar-refractivity contribution in [2.45, 2.75) is 13.3 Å². The molecule has 0 saturated carbocycles. The summed E-state index contributed by atoms with van der Waals surface area (Å²) in [6.07, 6.45) is 0.999. The highest BCUT2D eigenvalue weighted by atomic mass is 16.6. The molecular formula is C19H23N3O5. The Bertz CT molecular complexity index is 777. The number of hydrogen-bond donors (Lipinski definition) is 2. The van der Waals surface area contributed by atoms with Crippen molar-refractivity contribution in [1.29, 1.82) is 0 Å². The summed E-state index contributed by atoms with van der Waals surface area (Å²) in [6.45, 7) is 3.93. The van der Waals surface area contributed by atoms with Crippen LogP contribution in [0.2, 0.25) is 0 Å². The van der Waals surface area contributed by atoms with Crippen LogP contribution >= 0.6 is 0 Å². The first-order chi connectivity index (χ1) is 13.0. The average molecular weight is 373 g/mol. The molecule has 2 N–H and O–H groups in total. The number of benzene rings is 2. The van der Waals surface area contributed by atoms with Crippen molar-refractivity contribution < 1.29 is 19.2 Å². The van der Waals surface area contributed by atoms with Gasteiger partial charge in [0, 0.05) is 25.2 Å². The fourth-order valence-corrected chi connectivity index (χ4v) is 2.33. The van der Waals surface area contributed by atoms with Crippen LogP contribution in [0.3, 0.4) is 0 Å². The minimum absolute atomic E-state index is 0.107. The normalized spacial score (nSPS) is 10.3. The quantitative estimate of drug-likeness (QED) is 0.377. The number of nitro benzene ring substituents is 1. The summed E-state index contributed by atoms with van der Waals surface area (Å²) in [5.41, 5.74) is -0.0677. The zero-order valence-electron chi connectivity index (χ0n) is 15.4. The van der Waals surface area contributed by atoms with Gasteiger partial charge in [-0.25, -0.2) is 0 Å². The molecular weight excluding hydrogens is 350 g/mol. The van der Waals surface area contributed by atoms with Crippen LogP contribution < -0.4 is 20.1 Å². The molecule has 0 aliphatic heterocycles. The number of carbonyl (C=O) groups excluding carboxylic acids is 1. The lowest BCUT2D eigenvalue weighted by molar-refractivity contribution is -0.384. The molecule has 27 heavy (non-hydrogen) atoms. The lowest BCUT2D eigenvalue weighted by Gasteiger charge is -2.12. The maximum Gasteiger partial charge on any atom is 0.270 e. The molecule has 0 unspecified atom stereocenters. The van der Waals surface area contributed by atoms with Crippen LogP contribution in [0.5, 0.6) is 17.2 Å². The Kier molecular flexibility index (Phi) is 7.57. The third-order valence-corrected chi connectivity index (χ3v) is 3.72. The fraction of sp³-hybridized carbons (Fsp3) is 0.316. The van der Waals surface area contributed by atoms with Gasteiger partial charge < -0.3 is 20.1 Å². The molecule has 2 aromatic carbocycles. The lowest BCUT2D eigenvalue weighted by Crippen LogP contribution is -2.32. The first-order valence-corrected chi connectivity index (χ1v) is 8.64. The molecule has 2 aromatic rings. The number of nitro groups is 1. The summed E-state index contributed by atoms with van der Waals surface area (Å²) < 4.78 is 10.9. The number of rotatable bonds is 10. The van der Waals surface area contributed by atoms with Gasteiger partial charge in [-0.15, -0.1) is 0 Å². The highest BCUT2D eigenvalue weighted by molar-refractivity contribution is 5.97. The Morgan fingerprint density at radius 2 is 1.78 bits per heavy atom. The maximum absolute atomic E-state index is 12.5. The Labute approximate surface area is 157 Å². The van der Waals surface area contributed by atoms with Gasteiger partial charge in [-0.05, 0) is 43.3 Å². The van der Waals surface area contributed by atoms with E-state index in [4.69, 9.17) is 9.47 Å². The van der Waals surface area contributed by atoms with Gasteiger partial charge >= 0.3 is 0 Å². The molecule has 0 saturated heterocycles. The molecule has 0 aliphatic carbocycles. The molecule has 8 heteroatoms. The second-order valence-corrected chi connectivity index (χ2v) is 5.72. The molecule has 0 atom stereocenters. The van der Waals surface area contributed by atoms with E-state index in [0.29, 0.717) is 24.6 Å². The van der Waals surface area contributed by atoms with Crippen molar-refractivity contribution in [3.63, 3.8) is 0 Å². The Morgan fingerprint density at radius 3 is 2.41 bits per heavy atom. The smallest absolute Gasteiger partial charge is 0.270 e. The standard InChI is InChI=1S/C19H23N3O5/c1-3-10-20-11-12-21-19(23)17-13-14(22(24)25)4-9-18(17)27-16-7-5-15(26-2)6-8-16/h4-9,13,20H,3,10-12H2,1-2H3,(H,21,23). The number of hydrogen-bond acceptors (Lipinski definition) is 6. The van der Waals surface area contributed by atoms with E-state index in [2.05, 4.69) is 17.6 Å². The largest absolute Gasteiger partial charge is 0.497 e. The monoisotopic (exact) mass is 373 g/mol. The SMILES string of the molecule is CCCNCCNC(=O)c1cc([N+](=O)[O-])ccc1Oc1ccc(OC)cc1. The van der Waals surface area contributed by atoms with Crippen LogP contribution in [0, 0.1) is 10.1 Å². The van der Waals surface area contributed by atoms with Crippen molar-refractivity contribution >= 4 is 11.6 Å². The summed E-state index contributed by atoms with van der Waals surface area (Å²) in [6, 6.07) is 10.8. The minimum Gasteiger partial charge on any atom is -0.497 e. The van der Waals surface area contributed by atoms with Crippen molar-refractivity contribution in [2.24, 2.45) is 0 Å². The number of amides is 1. The fourth-order valence-electron chi connectivity index (χ4n) is 2.33. The molecule has 0 bridgehead atoms. The summed E-state index contributed by atoms with van der Waals surface area (Å²) >= 11 is 0. The third kappa shape index (κ3) is 5.96. The van der Waals surface area contributed by atoms with Crippen LogP contribution in [0.15, 0.2) is 42.5 Å². The third-order valence-electron chi connectivity index (χ3n) is 3.72. The van der Waals surface area contributed by atoms with E-state index >= 15 is 0 Å². The van der Waals surface area contributed by atoms with Crippen molar-refractivity contribution in [1.82, 2.24) is 10.6 Å². The van der Waals surface area contributed by atoms with Gasteiger partial charge in [0.15, 0.2) is 0 Å². The van der Waals surface area contributed by atoms with Gasteiger partial charge in [0.25, 0.3) is 11.6 Å². The van der Waals surface area contributed by atoms with Crippen LogP contribution in [-0.4, -0.2) is 37.6 Å². The first kappa shape index (κ1) is 20.2. The Morgan fingerprint density at radius 1 is 1.07 bits per heavy atom. The van der Waals surface area contributed by atoms with Crippen LogP contribution in [0.25, 0.3) is 0 Å². The Hall–Kier alpha value is -3.13. The second-order valence-electron chi connectivity index (χ2n) is 5.72. The molecule has 144 valence electrons. The van der Waals surface area contributed by atoms with Crippen molar-refractivity contribution in [3.05, 3.63) is 58.1 Å². The molecule has 8 nitrogen and oxygen atoms in total. The van der Waals surface area contributed by atoms with E-state index < -0.39 is 10.8 Å². The van der Waals surface area contributed by atoms with Crippen molar-refractivity contribution in [2.75, 3.05) is 26.7 Å².